The van der Waals surface area contributed by atoms with E-state index in [0.29, 0.717) is 11.4 Å². The Morgan fingerprint density at radius 1 is 1.25 bits per heavy atom. The molecule has 0 atom stereocenters. The highest BCUT2D eigenvalue weighted by Crippen LogP contribution is 2.14. The molecule has 0 bridgehead atoms. The fourth-order valence-corrected chi connectivity index (χ4v) is 2.83. The lowest BCUT2D eigenvalue weighted by Crippen LogP contribution is -2.15. The van der Waals surface area contributed by atoms with E-state index in [0.717, 1.165) is 11.2 Å². The third-order valence-electron chi connectivity index (χ3n) is 3.47. The summed E-state index contributed by atoms with van der Waals surface area (Å²) >= 11 is 0. The van der Waals surface area contributed by atoms with Crippen LogP contribution in [-0.4, -0.2) is 23.7 Å². The van der Waals surface area contributed by atoms with E-state index < -0.39 is 10.0 Å². The van der Waals surface area contributed by atoms with Crippen molar-refractivity contribution in [2.75, 3.05) is 5.32 Å². The lowest BCUT2D eigenvalue weighted by molar-refractivity contribution is -0.115. The van der Waals surface area contributed by atoms with Gasteiger partial charge in [-0.15, -0.1) is 0 Å². The predicted octanol–water partition coefficient (Wildman–Crippen LogP) is 1.47. The first-order valence-corrected chi connectivity index (χ1v) is 8.73. The second-order valence-corrected chi connectivity index (χ2v) is 7.06. The largest absolute Gasteiger partial charge is 0.326 e. The number of primary sulfonamides is 1. The molecule has 2 heterocycles. The molecule has 8 heteroatoms. The van der Waals surface area contributed by atoms with E-state index in [1.807, 2.05) is 29.7 Å². The summed E-state index contributed by atoms with van der Waals surface area (Å²) in [5.74, 6) is -0.238. The van der Waals surface area contributed by atoms with Gasteiger partial charge >= 0.3 is 0 Å². The zero-order chi connectivity index (χ0) is 17.3. The van der Waals surface area contributed by atoms with Gasteiger partial charge in [0.15, 0.2) is 0 Å². The highest BCUT2D eigenvalue weighted by molar-refractivity contribution is 7.89. The molecular formula is C16H16N4O3S. The molecule has 0 spiro atoms. The third kappa shape index (κ3) is 3.61. The van der Waals surface area contributed by atoms with Crippen molar-refractivity contribution in [1.82, 2.24) is 9.38 Å². The van der Waals surface area contributed by atoms with Crippen LogP contribution in [-0.2, 0) is 21.2 Å². The number of benzene rings is 1. The minimum atomic E-state index is -3.74. The number of amides is 1. The molecule has 0 saturated heterocycles. The highest BCUT2D eigenvalue weighted by atomic mass is 32.2. The number of fused-ring (bicyclic) bond motifs is 1. The van der Waals surface area contributed by atoms with E-state index >= 15 is 0 Å². The highest BCUT2D eigenvalue weighted by Gasteiger charge is 2.10. The summed E-state index contributed by atoms with van der Waals surface area (Å²) in [7, 11) is -3.74. The molecular weight excluding hydrogens is 328 g/mol. The maximum Gasteiger partial charge on any atom is 0.238 e. The van der Waals surface area contributed by atoms with Gasteiger partial charge in [-0.2, -0.15) is 0 Å². The number of nitrogens with two attached hydrogens (primary N) is 1. The zero-order valence-electron chi connectivity index (χ0n) is 12.9. The smallest absolute Gasteiger partial charge is 0.238 e. The van der Waals surface area contributed by atoms with Gasteiger partial charge in [0.05, 0.1) is 17.0 Å². The van der Waals surface area contributed by atoms with Gasteiger partial charge in [-0.1, -0.05) is 0 Å². The zero-order valence-corrected chi connectivity index (χ0v) is 13.7. The van der Waals surface area contributed by atoms with Gasteiger partial charge < -0.3 is 9.72 Å². The summed E-state index contributed by atoms with van der Waals surface area (Å²) < 4.78 is 24.3. The minimum absolute atomic E-state index is 0.00350. The molecule has 0 aliphatic heterocycles. The number of nitrogens with one attached hydrogen (secondary N) is 1. The molecule has 0 radical (unpaired) electrons. The van der Waals surface area contributed by atoms with Crippen LogP contribution in [0.4, 0.5) is 5.69 Å². The third-order valence-corrected chi connectivity index (χ3v) is 4.40. The number of pyridine rings is 1. The maximum atomic E-state index is 12.1. The first kappa shape index (κ1) is 16.2. The van der Waals surface area contributed by atoms with Crippen molar-refractivity contribution in [2.24, 2.45) is 5.14 Å². The molecule has 1 aromatic carbocycles. The molecule has 0 aliphatic rings. The van der Waals surface area contributed by atoms with Crippen LogP contribution in [0.2, 0.25) is 0 Å². The summed E-state index contributed by atoms with van der Waals surface area (Å²) in [5.41, 5.74) is 3.03. The normalized spacial score (nSPS) is 11.6. The molecule has 7 nitrogen and oxygen atoms in total. The topological polar surface area (TPSA) is 107 Å². The Bertz CT molecular complexity index is 1010. The van der Waals surface area contributed by atoms with Gasteiger partial charge in [0.2, 0.25) is 15.9 Å². The molecule has 3 aromatic rings. The number of rotatable bonds is 4. The average molecular weight is 344 g/mol. The van der Waals surface area contributed by atoms with Crippen LogP contribution >= 0.6 is 0 Å². The van der Waals surface area contributed by atoms with Gasteiger partial charge in [0.1, 0.15) is 5.65 Å². The van der Waals surface area contributed by atoms with Gasteiger partial charge in [-0.05, 0) is 48.9 Å². The van der Waals surface area contributed by atoms with Gasteiger partial charge in [-0.3, -0.25) is 4.79 Å². The standard InChI is InChI=1S/C16H16N4O3S/c1-11-6-7-20-10-13(18-15(20)8-11)9-16(21)19-12-2-4-14(5-3-12)24(17,22)23/h2-8,10H,9H2,1H3,(H,19,21)(H2,17,22,23). The molecule has 0 saturated carbocycles. The SMILES string of the molecule is Cc1ccn2cc(CC(=O)Nc3ccc(S(N)(=O)=O)cc3)nc2c1. The monoisotopic (exact) mass is 344 g/mol. The molecule has 3 rings (SSSR count). The number of nitrogens with zero attached hydrogens (tertiary/aromatic N) is 2. The number of anilines is 1. The fraction of sp³-hybridized carbons (Fsp3) is 0.125. The molecule has 0 aliphatic carbocycles. The van der Waals surface area contributed by atoms with Gasteiger partial charge in [-0.25, -0.2) is 18.5 Å². The molecule has 2 aromatic heterocycles. The van der Waals surface area contributed by atoms with Crippen LogP contribution in [0.5, 0.6) is 0 Å². The van der Waals surface area contributed by atoms with Crippen molar-refractivity contribution in [3.05, 3.63) is 60.0 Å². The summed E-state index contributed by atoms with van der Waals surface area (Å²) in [4.78, 5) is 16.5. The lowest BCUT2D eigenvalue weighted by Gasteiger charge is -2.05. The number of aromatic nitrogens is 2. The summed E-state index contributed by atoms with van der Waals surface area (Å²) in [5, 5.41) is 7.73. The van der Waals surface area contributed by atoms with Crippen molar-refractivity contribution in [1.29, 1.82) is 0 Å². The Morgan fingerprint density at radius 2 is 1.96 bits per heavy atom. The summed E-state index contributed by atoms with van der Waals surface area (Å²) in [6.07, 6.45) is 3.82. The number of hydrogen-bond donors (Lipinski definition) is 2. The quantitative estimate of drug-likeness (QED) is 0.747. The van der Waals surface area contributed by atoms with E-state index in [1.54, 1.807) is 6.20 Å². The first-order valence-electron chi connectivity index (χ1n) is 7.18. The van der Waals surface area contributed by atoms with Crippen LogP contribution in [0, 0.1) is 6.92 Å². The maximum absolute atomic E-state index is 12.1. The van der Waals surface area contributed by atoms with Crippen LogP contribution in [0.1, 0.15) is 11.3 Å². The number of imidazole rings is 1. The van der Waals surface area contributed by atoms with Crippen LogP contribution in [0.15, 0.2) is 53.7 Å². The van der Waals surface area contributed by atoms with Crippen molar-refractivity contribution < 1.29 is 13.2 Å². The number of carbonyl (C=O) groups excluding carboxylic acids is 1. The van der Waals surface area contributed by atoms with Crippen molar-refractivity contribution in [3.63, 3.8) is 0 Å². The van der Waals surface area contributed by atoms with E-state index in [4.69, 9.17) is 5.14 Å². The van der Waals surface area contributed by atoms with E-state index in [-0.39, 0.29) is 17.2 Å². The van der Waals surface area contributed by atoms with Crippen LogP contribution in [0.3, 0.4) is 0 Å². The molecule has 24 heavy (non-hydrogen) atoms. The Hall–Kier alpha value is -2.71. The Kier molecular flexibility index (Phi) is 4.08. The number of hydrogen-bond acceptors (Lipinski definition) is 4. The minimum Gasteiger partial charge on any atom is -0.326 e. The van der Waals surface area contributed by atoms with Crippen LogP contribution < -0.4 is 10.5 Å². The molecule has 0 fully saturated rings. The van der Waals surface area contributed by atoms with E-state index in [9.17, 15) is 13.2 Å². The number of aryl methyl sites for hydroxylation is 1. The van der Waals surface area contributed by atoms with Gasteiger partial charge in [0.25, 0.3) is 0 Å². The molecule has 0 unspecified atom stereocenters. The Balaban J connectivity index is 1.70. The first-order chi connectivity index (χ1) is 11.3. The second-order valence-electron chi connectivity index (χ2n) is 5.50. The lowest BCUT2D eigenvalue weighted by atomic mass is 10.3. The van der Waals surface area contributed by atoms with Crippen molar-refractivity contribution >= 4 is 27.3 Å². The van der Waals surface area contributed by atoms with E-state index in [1.165, 1.54) is 24.3 Å². The Labute approximate surface area is 139 Å². The fourth-order valence-electron chi connectivity index (χ4n) is 2.32. The second kappa shape index (κ2) is 6.06. The van der Waals surface area contributed by atoms with Crippen molar-refractivity contribution in [2.45, 2.75) is 18.2 Å². The van der Waals surface area contributed by atoms with Crippen LogP contribution in [0.25, 0.3) is 5.65 Å². The molecule has 1 amide bonds. The van der Waals surface area contributed by atoms with Gasteiger partial charge in [0, 0.05) is 18.1 Å². The Morgan fingerprint density at radius 3 is 2.62 bits per heavy atom. The number of sulfonamides is 1. The summed E-state index contributed by atoms with van der Waals surface area (Å²) in [6.45, 7) is 1.98. The predicted molar refractivity (Wildman–Crippen MR) is 90.1 cm³/mol. The summed E-state index contributed by atoms with van der Waals surface area (Å²) in [6, 6.07) is 9.57. The van der Waals surface area contributed by atoms with Crippen molar-refractivity contribution in [3.8, 4) is 0 Å². The molecule has 3 N–H and O–H groups in total. The number of carbonyl (C=O) groups is 1. The van der Waals surface area contributed by atoms with E-state index in [2.05, 4.69) is 10.3 Å². The molecule has 124 valence electrons. The average Bonchev–Trinajstić information content (AvgIpc) is 2.87.